The SMILES string of the molecule is C=C(/C(C)=C/C=C\C)c1ccc(N2c3ccccc3C3(c4ccccc4N(c4ccccc4)c4ccccc43)c3ccccc32)cc1. The Labute approximate surface area is 277 Å². The Kier molecular flexibility index (Phi) is 7.00. The molecule has 0 bridgehead atoms. The molecule has 0 N–H and O–H groups in total. The van der Waals surface area contributed by atoms with Gasteiger partial charge in [0.25, 0.3) is 0 Å². The van der Waals surface area contributed by atoms with Crippen LogP contribution in [-0.4, -0.2) is 0 Å². The Bertz CT molecular complexity index is 2090. The van der Waals surface area contributed by atoms with Gasteiger partial charge in [0.05, 0.1) is 28.2 Å². The molecule has 2 heterocycles. The molecular formula is C45H36N2. The molecule has 8 rings (SSSR count). The zero-order valence-electron chi connectivity index (χ0n) is 26.8. The number of allylic oxidation sites excluding steroid dienone is 5. The van der Waals surface area contributed by atoms with Gasteiger partial charge < -0.3 is 9.80 Å². The van der Waals surface area contributed by atoms with Crippen LogP contribution in [0.3, 0.4) is 0 Å². The number of para-hydroxylation sites is 5. The molecule has 2 heteroatoms. The van der Waals surface area contributed by atoms with E-state index in [0.717, 1.165) is 28.1 Å². The molecule has 0 saturated heterocycles. The average Bonchev–Trinajstić information content (AvgIpc) is 3.14. The molecule has 47 heavy (non-hydrogen) atoms. The third-order valence-electron chi connectivity index (χ3n) is 9.70. The number of rotatable bonds is 5. The summed E-state index contributed by atoms with van der Waals surface area (Å²) in [5, 5.41) is 0. The minimum atomic E-state index is -0.523. The molecule has 0 atom stereocenters. The summed E-state index contributed by atoms with van der Waals surface area (Å²) in [7, 11) is 0. The van der Waals surface area contributed by atoms with Gasteiger partial charge in [0.2, 0.25) is 0 Å². The summed E-state index contributed by atoms with van der Waals surface area (Å²) in [5.74, 6) is 0. The van der Waals surface area contributed by atoms with Gasteiger partial charge in [-0.3, -0.25) is 0 Å². The summed E-state index contributed by atoms with van der Waals surface area (Å²) in [5.41, 5.74) is 14.9. The highest BCUT2D eigenvalue weighted by Crippen LogP contribution is 2.63. The lowest BCUT2D eigenvalue weighted by molar-refractivity contribution is 0.719. The number of fused-ring (bicyclic) bond motifs is 8. The van der Waals surface area contributed by atoms with Crippen LogP contribution in [0.5, 0.6) is 0 Å². The summed E-state index contributed by atoms with van der Waals surface area (Å²) in [6.45, 7) is 8.55. The number of anilines is 6. The topological polar surface area (TPSA) is 6.48 Å². The van der Waals surface area contributed by atoms with Crippen molar-refractivity contribution in [2.24, 2.45) is 0 Å². The van der Waals surface area contributed by atoms with Crippen LogP contribution < -0.4 is 9.80 Å². The molecule has 226 valence electrons. The van der Waals surface area contributed by atoms with E-state index in [9.17, 15) is 0 Å². The van der Waals surface area contributed by atoms with Crippen molar-refractivity contribution in [3.05, 3.63) is 210 Å². The first-order chi connectivity index (χ1) is 23.1. The van der Waals surface area contributed by atoms with E-state index in [1.54, 1.807) is 0 Å². The number of hydrogen-bond acceptors (Lipinski definition) is 2. The molecule has 6 aromatic rings. The highest BCUT2D eigenvalue weighted by molar-refractivity contribution is 5.96. The Morgan fingerprint density at radius 3 is 1.32 bits per heavy atom. The van der Waals surface area contributed by atoms with Crippen molar-refractivity contribution in [1.29, 1.82) is 0 Å². The first-order valence-corrected chi connectivity index (χ1v) is 16.3. The van der Waals surface area contributed by atoms with E-state index in [1.165, 1.54) is 45.0 Å². The van der Waals surface area contributed by atoms with Gasteiger partial charge in [0, 0.05) is 11.4 Å². The third kappa shape index (κ3) is 4.33. The van der Waals surface area contributed by atoms with Crippen molar-refractivity contribution in [3.63, 3.8) is 0 Å². The van der Waals surface area contributed by atoms with Crippen molar-refractivity contribution in [2.75, 3.05) is 9.80 Å². The highest BCUT2D eigenvalue weighted by atomic mass is 15.2. The summed E-state index contributed by atoms with van der Waals surface area (Å²) in [6, 6.07) is 55.4. The first-order valence-electron chi connectivity index (χ1n) is 16.3. The monoisotopic (exact) mass is 604 g/mol. The van der Waals surface area contributed by atoms with Crippen LogP contribution in [0.2, 0.25) is 0 Å². The molecule has 0 saturated carbocycles. The fourth-order valence-corrected chi connectivity index (χ4v) is 7.59. The molecular weight excluding hydrogens is 569 g/mol. The molecule has 0 radical (unpaired) electrons. The second kappa shape index (κ2) is 11.5. The van der Waals surface area contributed by atoms with Crippen LogP contribution in [-0.2, 0) is 5.41 Å². The molecule has 2 aliphatic rings. The maximum absolute atomic E-state index is 4.40. The quantitative estimate of drug-likeness (QED) is 0.180. The van der Waals surface area contributed by atoms with Crippen LogP contribution in [0.1, 0.15) is 41.7 Å². The largest absolute Gasteiger partial charge is 0.310 e. The van der Waals surface area contributed by atoms with Gasteiger partial charge in [-0.2, -0.15) is 0 Å². The standard InChI is InChI=1S/C45H36N2/c1-4-5-17-32(2)33(3)34-28-30-36(31-29-34)47-43-26-15-11-22-39(43)45(40-23-12-16-27-44(40)47)37-20-9-13-24-41(37)46(35-18-7-6-8-19-35)42-25-14-10-21-38(42)45/h4-31H,3H2,1-2H3/b5-4-,32-17+. The van der Waals surface area contributed by atoms with E-state index in [1.807, 2.05) is 13.0 Å². The van der Waals surface area contributed by atoms with Crippen molar-refractivity contribution in [1.82, 2.24) is 0 Å². The van der Waals surface area contributed by atoms with E-state index >= 15 is 0 Å². The van der Waals surface area contributed by atoms with Crippen molar-refractivity contribution >= 4 is 39.7 Å². The number of nitrogens with zero attached hydrogens (tertiary/aromatic N) is 2. The predicted molar refractivity (Wildman–Crippen MR) is 199 cm³/mol. The Morgan fingerprint density at radius 1 is 0.511 bits per heavy atom. The fraction of sp³-hybridized carbons (Fsp3) is 0.0667. The molecule has 6 aromatic carbocycles. The Morgan fingerprint density at radius 2 is 0.894 bits per heavy atom. The van der Waals surface area contributed by atoms with Gasteiger partial charge in [0.15, 0.2) is 0 Å². The highest BCUT2D eigenvalue weighted by Gasteiger charge is 2.51. The molecule has 0 amide bonds. The van der Waals surface area contributed by atoms with Gasteiger partial charge >= 0.3 is 0 Å². The average molecular weight is 605 g/mol. The number of benzene rings is 6. The van der Waals surface area contributed by atoms with Crippen LogP contribution in [0.25, 0.3) is 5.57 Å². The lowest BCUT2D eigenvalue weighted by atomic mass is 9.60. The lowest BCUT2D eigenvalue weighted by Crippen LogP contribution is -2.41. The summed E-state index contributed by atoms with van der Waals surface area (Å²) in [6.07, 6.45) is 6.22. The van der Waals surface area contributed by atoms with Crippen molar-refractivity contribution in [3.8, 4) is 0 Å². The Balaban J connectivity index is 1.37. The normalized spacial score (nSPS) is 14.4. The third-order valence-corrected chi connectivity index (χ3v) is 9.70. The molecule has 0 unspecified atom stereocenters. The molecule has 2 nitrogen and oxygen atoms in total. The van der Waals surface area contributed by atoms with Crippen LogP contribution in [0.15, 0.2) is 182 Å². The molecule has 0 aliphatic carbocycles. The lowest BCUT2D eigenvalue weighted by Gasteiger charge is -2.51. The van der Waals surface area contributed by atoms with Crippen LogP contribution >= 0.6 is 0 Å². The van der Waals surface area contributed by atoms with Crippen LogP contribution in [0, 0.1) is 0 Å². The first kappa shape index (κ1) is 28.6. The molecule has 1 spiro atoms. The van der Waals surface area contributed by atoms with Gasteiger partial charge in [-0.25, -0.2) is 0 Å². The van der Waals surface area contributed by atoms with Gasteiger partial charge in [0.1, 0.15) is 0 Å². The number of hydrogen-bond donors (Lipinski definition) is 0. The predicted octanol–water partition coefficient (Wildman–Crippen LogP) is 12.2. The molecule has 0 fully saturated rings. The van der Waals surface area contributed by atoms with Crippen molar-refractivity contribution < 1.29 is 0 Å². The van der Waals surface area contributed by atoms with E-state index in [2.05, 4.69) is 187 Å². The summed E-state index contributed by atoms with van der Waals surface area (Å²) in [4.78, 5) is 4.85. The zero-order chi connectivity index (χ0) is 32.0. The molecule has 2 aliphatic heterocycles. The van der Waals surface area contributed by atoms with Crippen molar-refractivity contribution in [2.45, 2.75) is 19.3 Å². The minimum absolute atomic E-state index is 0.523. The summed E-state index contributed by atoms with van der Waals surface area (Å²) < 4.78 is 0. The van der Waals surface area contributed by atoms with Gasteiger partial charge in [-0.05, 0) is 101 Å². The second-order valence-corrected chi connectivity index (χ2v) is 12.2. The van der Waals surface area contributed by atoms with E-state index < -0.39 is 5.41 Å². The second-order valence-electron chi connectivity index (χ2n) is 12.2. The molecule has 0 aromatic heterocycles. The van der Waals surface area contributed by atoms with E-state index in [4.69, 9.17) is 0 Å². The van der Waals surface area contributed by atoms with E-state index in [-0.39, 0.29) is 0 Å². The maximum atomic E-state index is 4.40. The Hall–Kier alpha value is -5.86. The minimum Gasteiger partial charge on any atom is -0.310 e. The van der Waals surface area contributed by atoms with E-state index in [0.29, 0.717) is 0 Å². The van der Waals surface area contributed by atoms with Gasteiger partial charge in [-0.1, -0.05) is 128 Å². The smallest absolute Gasteiger partial charge is 0.0782 e. The van der Waals surface area contributed by atoms with Crippen LogP contribution in [0.4, 0.5) is 34.1 Å². The maximum Gasteiger partial charge on any atom is 0.0782 e. The fourth-order valence-electron chi connectivity index (χ4n) is 7.59. The zero-order valence-corrected chi connectivity index (χ0v) is 26.8. The van der Waals surface area contributed by atoms with Gasteiger partial charge in [-0.15, -0.1) is 0 Å². The summed E-state index contributed by atoms with van der Waals surface area (Å²) >= 11 is 0.